The van der Waals surface area contributed by atoms with Crippen LogP contribution in [0, 0.1) is 5.82 Å². The van der Waals surface area contributed by atoms with Gasteiger partial charge in [-0.3, -0.25) is 4.79 Å². The Labute approximate surface area is 202 Å². The van der Waals surface area contributed by atoms with E-state index in [9.17, 15) is 9.18 Å². The van der Waals surface area contributed by atoms with Crippen molar-refractivity contribution in [3.8, 4) is 5.88 Å². The van der Waals surface area contributed by atoms with Gasteiger partial charge in [-0.25, -0.2) is 9.37 Å². The van der Waals surface area contributed by atoms with E-state index in [2.05, 4.69) is 10.3 Å². The minimum atomic E-state index is -0.548. The first-order chi connectivity index (χ1) is 16.6. The summed E-state index contributed by atoms with van der Waals surface area (Å²) in [6.07, 6.45) is 0.478. The summed E-state index contributed by atoms with van der Waals surface area (Å²) in [6, 6.07) is 25.6. The van der Waals surface area contributed by atoms with E-state index in [1.54, 1.807) is 17.8 Å². The first kappa shape index (κ1) is 23.7. The Morgan fingerprint density at radius 2 is 1.76 bits per heavy atom. The topological polar surface area (TPSA) is 77.2 Å². The van der Waals surface area contributed by atoms with Gasteiger partial charge in [-0.1, -0.05) is 48.5 Å². The summed E-state index contributed by atoms with van der Waals surface area (Å²) in [5, 5.41) is 4.04. The molecule has 3 aromatic carbocycles. The van der Waals surface area contributed by atoms with Crippen molar-refractivity contribution in [2.45, 2.75) is 23.9 Å². The number of hydrogen-bond donors (Lipinski definition) is 2. The van der Waals surface area contributed by atoms with E-state index in [0.29, 0.717) is 31.0 Å². The first-order valence-corrected chi connectivity index (χ1v) is 12.0. The Hall–Kier alpha value is -3.42. The quantitative estimate of drug-likeness (QED) is 0.242. The van der Waals surface area contributed by atoms with Gasteiger partial charge in [0.05, 0.1) is 18.2 Å². The minimum absolute atomic E-state index is 0.335. The van der Waals surface area contributed by atoms with Crippen molar-refractivity contribution in [2.75, 3.05) is 12.4 Å². The average Bonchev–Trinajstić information content (AvgIpc) is 2.85. The Bertz CT molecular complexity index is 1240. The molecule has 0 saturated carbocycles. The van der Waals surface area contributed by atoms with E-state index in [-0.39, 0.29) is 5.82 Å². The number of aromatic nitrogens is 1. The molecule has 0 aliphatic rings. The Balaban J connectivity index is 1.48. The largest absolute Gasteiger partial charge is 0.477 e. The van der Waals surface area contributed by atoms with E-state index >= 15 is 0 Å². The second-order valence-corrected chi connectivity index (χ2v) is 8.99. The van der Waals surface area contributed by atoms with E-state index in [1.807, 2.05) is 66.7 Å². The molecule has 0 aliphatic carbocycles. The maximum absolute atomic E-state index is 13.8. The van der Waals surface area contributed by atoms with Crippen LogP contribution in [-0.4, -0.2) is 29.3 Å². The van der Waals surface area contributed by atoms with Gasteiger partial charge >= 0.3 is 0 Å². The molecular weight excluding hydrogens is 449 g/mol. The van der Waals surface area contributed by atoms with Gasteiger partial charge < -0.3 is 15.8 Å². The van der Waals surface area contributed by atoms with Crippen molar-refractivity contribution in [1.82, 2.24) is 10.3 Å². The van der Waals surface area contributed by atoms with Crippen LogP contribution in [0.1, 0.15) is 11.1 Å². The van der Waals surface area contributed by atoms with Crippen LogP contribution in [0.2, 0.25) is 0 Å². The second kappa shape index (κ2) is 11.6. The molecule has 34 heavy (non-hydrogen) atoms. The van der Waals surface area contributed by atoms with Crippen molar-refractivity contribution in [2.24, 2.45) is 5.73 Å². The summed E-state index contributed by atoms with van der Waals surface area (Å²) in [5.74, 6) is 0.370. The monoisotopic (exact) mass is 475 g/mol. The lowest BCUT2D eigenvalue weighted by atomic mass is 10.0. The lowest BCUT2D eigenvalue weighted by Crippen LogP contribution is -2.42. The number of halogens is 1. The normalized spacial score (nSPS) is 11.9. The van der Waals surface area contributed by atoms with Crippen LogP contribution in [0.5, 0.6) is 5.88 Å². The van der Waals surface area contributed by atoms with Gasteiger partial charge in [0.15, 0.2) is 0 Å². The number of nitrogens with zero attached hydrogens (tertiary/aromatic N) is 1. The molecule has 5 nitrogen and oxygen atoms in total. The summed E-state index contributed by atoms with van der Waals surface area (Å²) in [7, 11) is 0. The number of fused-ring (bicyclic) bond motifs is 1. The molecule has 0 radical (unpaired) electrons. The fourth-order valence-electron chi connectivity index (χ4n) is 3.59. The molecule has 1 heterocycles. The lowest BCUT2D eigenvalue weighted by molar-refractivity contribution is -0.120. The summed E-state index contributed by atoms with van der Waals surface area (Å²) >= 11 is 1.69. The third-order valence-corrected chi connectivity index (χ3v) is 6.29. The van der Waals surface area contributed by atoms with Crippen LogP contribution in [0.15, 0.2) is 89.8 Å². The highest BCUT2D eigenvalue weighted by Gasteiger charge is 2.17. The van der Waals surface area contributed by atoms with Crippen LogP contribution in [0.4, 0.5) is 4.39 Å². The average molecular weight is 476 g/mol. The molecule has 1 amide bonds. The molecule has 4 rings (SSSR count). The molecule has 7 heteroatoms. The summed E-state index contributed by atoms with van der Waals surface area (Å²) in [4.78, 5) is 17.8. The maximum atomic E-state index is 13.8. The molecule has 3 N–H and O–H groups in total. The van der Waals surface area contributed by atoms with Crippen molar-refractivity contribution in [3.63, 3.8) is 0 Å². The van der Waals surface area contributed by atoms with Gasteiger partial charge in [0.2, 0.25) is 11.8 Å². The Morgan fingerprint density at radius 1 is 1.03 bits per heavy atom. The molecule has 1 aromatic heterocycles. The summed E-state index contributed by atoms with van der Waals surface area (Å²) < 4.78 is 19.8. The Kier molecular flexibility index (Phi) is 8.12. The van der Waals surface area contributed by atoms with Gasteiger partial charge in [0.25, 0.3) is 0 Å². The van der Waals surface area contributed by atoms with Gasteiger partial charge in [-0.15, -0.1) is 11.8 Å². The molecule has 0 bridgehead atoms. The van der Waals surface area contributed by atoms with E-state index in [4.69, 9.17) is 10.5 Å². The van der Waals surface area contributed by atoms with Crippen LogP contribution < -0.4 is 15.8 Å². The molecule has 0 aliphatic heterocycles. The van der Waals surface area contributed by atoms with Crippen molar-refractivity contribution < 1.29 is 13.9 Å². The smallest absolute Gasteiger partial charge is 0.234 e. The molecule has 0 unspecified atom stereocenters. The maximum Gasteiger partial charge on any atom is 0.234 e. The highest BCUT2D eigenvalue weighted by Crippen LogP contribution is 2.24. The number of amides is 1. The van der Waals surface area contributed by atoms with E-state index < -0.39 is 11.9 Å². The second-order valence-electron chi connectivity index (χ2n) is 7.83. The number of ether oxygens (including phenoxy) is 1. The molecular formula is C27H26FN3O2S. The zero-order valence-corrected chi connectivity index (χ0v) is 19.4. The van der Waals surface area contributed by atoms with E-state index in [1.165, 1.54) is 12.1 Å². The molecule has 174 valence electrons. The third-order valence-electron chi connectivity index (χ3n) is 5.32. The number of nitrogens with two attached hydrogens (primary N) is 1. The number of carbonyl (C=O) groups excluding carboxylic acids is 1. The predicted octanol–water partition coefficient (Wildman–Crippen LogP) is 4.73. The van der Waals surface area contributed by atoms with Crippen LogP contribution >= 0.6 is 11.8 Å². The highest BCUT2D eigenvalue weighted by atomic mass is 32.2. The van der Waals surface area contributed by atoms with Crippen LogP contribution in [0.25, 0.3) is 10.9 Å². The number of hydrogen-bond acceptors (Lipinski definition) is 5. The number of primary amides is 1. The number of benzene rings is 3. The standard InChI is InChI=1S/C27H26FN3O2S/c28-22-12-11-20-16-21(18-30-25(26(29)32)15-19-7-3-1-4-8-19)27(31-24(20)17-22)33-13-14-34-23-9-5-2-6-10-23/h1-12,16-17,25,30H,13-15,18H2,(H2,29,32)/t25-/m0/s1. The number of nitrogens with one attached hydrogen (secondary N) is 1. The predicted molar refractivity (Wildman–Crippen MR) is 134 cm³/mol. The lowest BCUT2D eigenvalue weighted by Gasteiger charge is -2.18. The number of rotatable bonds is 11. The number of thioether (sulfide) groups is 1. The number of pyridine rings is 1. The van der Waals surface area contributed by atoms with Gasteiger partial charge in [0.1, 0.15) is 5.82 Å². The van der Waals surface area contributed by atoms with Crippen molar-refractivity contribution in [3.05, 3.63) is 102 Å². The van der Waals surface area contributed by atoms with Gasteiger partial charge in [0, 0.05) is 34.2 Å². The molecule has 0 fully saturated rings. The van der Waals surface area contributed by atoms with Crippen LogP contribution in [0.3, 0.4) is 0 Å². The van der Waals surface area contributed by atoms with Crippen LogP contribution in [-0.2, 0) is 17.8 Å². The summed E-state index contributed by atoms with van der Waals surface area (Å²) in [6.45, 7) is 0.769. The number of carbonyl (C=O) groups is 1. The fourth-order valence-corrected chi connectivity index (χ4v) is 4.34. The van der Waals surface area contributed by atoms with Gasteiger partial charge in [-0.05, 0) is 42.3 Å². The summed E-state index contributed by atoms with van der Waals surface area (Å²) in [5.41, 5.74) is 7.97. The fraction of sp³-hybridized carbons (Fsp3) is 0.185. The zero-order chi connectivity index (χ0) is 23.8. The van der Waals surface area contributed by atoms with Gasteiger partial charge in [-0.2, -0.15) is 0 Å². The molecule has 1 atom stereocenters. The SMILES string of the molecule is NC(=O)[C@H](Cc1ccccc1)NCc1cc2ccc(F)cc2nc1OCCSc1ccccc1. The molecule has 4 aromatic rings. The zero-order valence-electron chi connectivity index (χ0n) is 18.6. The molecule has 0 saturated heterocycles. The first-order valence-electron chi connectivity index (χ1n) is 11.0. The minimum Gasteiger partial charge on any atom is -0.477 e. The highest BCUT2D eigenvalue weighted by molar-refractivity contribution is 7.99. The van der Waals surface area contributed by atoms with E-state index in [0.717, 1.165) is 27.2 Å². The Morgan fingerprint density at radius 3 is 2.50 bits per heavy atom. The molecule has 0 spiro atoms. The third kappa shape index (κ3) is 6.56. The van der Waals surface area contributed by atoms with Crippen molar-refractivity contribution in [1.29, 1.82) is 0 Å². The van der Waals surface area contributed by atoms with Crippen molar-refractivity contribution >= 4 is 28.6 Å².